The zero-order valence-corrected chi connectivity index (χ0v) is 15.0. The number of benzene rings is 1. The fourth-order valence-corrected chi connectivity index (χ4v) is 2.32. The highest BCUT2D eigenvalue weighted by molar-refractivity contribution is 5.96. The van der Waals surface area contributed by atoms with Crippen LogP contribution in [0, 0.1) is 6.92 Å². The minimum absolute atomic E-state index is 0.0555. The number of carbonyl (C=O) groups excluding carboxylic acids is 2. The summed E-state index contributed by atoms with van der Waals surface area (Å²) < 4.78 is 1.70. The molecule has 7 nitrogen and oxygen atoms in total. The second kappa shape index (κ2) is 8.96. The zero-order valence-electron chi connectivity index (χ0n) is 15.0. The SMILES string of the molecule is CC[C@@H](C)NC(=O)c1ccc(NC(=O)CCCn2cncn2)c(C)c1. The van der Waals surface area contributed by atoms with Gasteiger partial charge in [0.15, 0.2) is 0 Å². The predicted molar refractivity (Wildman–Crippen MR) is 96.3 cm³/mol. The van der Waals surface area contributed by atoms with Crippen LogP contribution in [0.25, 0.3) is 0 Å². The largest absolute Gasteiger partial charge is 0.350 e. The molecular weight excluding hydrogens is 318 g/mol. The molecule has 0 fully saturated rings. The fourth-order valence-electron chi connectivity index (χ4n) is 2.32. The monoisotopic (exact) mass is 343 g/mol. The summed E-state index contributed by atoms with van der Waals surface area (Å²) in [6.07, 6.45) is 5.07. The van der Waals surface area contributed by atoms with Gasteiger partial charge in [0.05, 0.1) is 0 Å². The van der Waals surface area contributed by atoms with Crippen LogP contribution in [0.1, 0.15) is 49.0 Å². The van der Waals surface area contributed by atoms with Crippen molar-refractivity contribution in [2.24, 2.45) is 0 Å². The van der Waals surface area contributed by atoms with E-state index < -0.39 is 0 Å². The lowest BCUT2D eigenvalue weighted by Crippen LogP contribution is -2.31. The summed E-state index contributed by atoms with van der Waals surface area (Å²) in [6, 6.07) is 5.44. The lowest BCUT2D eigenvalue weighted by atomic mass is 10.1. The van der Waals surface area contributed by atoms with E-state index in [1.165, 1.54) is 6.33 Å². The van der Waals surface area contributed by atoms with Crippen LogP contribution >= 0.6 is 0 Å². The molecule has 1 aromatic heterocycles. The summed E-state index contributed by atoms with van der Waals surface area (Å²) in [5, 5.41) is 9.83. The smallest absolute Gasteiger partial charge is 0.251 e. The zero-order chi connectivity index (χ0) is 18.2. The van der Waals surface area contributed by atoms with Gasteiger partial charge in [-0.25, -0.2) is 4.98 Å². The molecule has 0 spiro atoms. The van der Waals surface area contributed by atoms with Gasteiger partial charge < -0.3 is 10.6 Å². The molecule has 1 aromatic carbocycles. The van der Waals surface area contributed by atoms with Crippen molar-refractivity contribution < 1.29 is 9.59 Å². The van der Waals surface area contributed by atoms with Gasteiger partial charge in [-0.3, -0.25) is 14.3 Å². The van der Waals surface area contributed by atoms with Crippen LogP contribution in [-0.2, 0) is 11.3 Å². The van der Waals surface area contributed by atoms with Crippen LogP contribution in [0.15, 0.2) is 30.9 Å². The molecule has 2 rings (SSSR count). The Bertz CT molecular complexity index is 712. The molecular formula is C18H25N5O2. The van der Waals surface area contributed by atoms with Gasteiger partial charge >= 0.3 is 0 Å². The Hall–Kier alpha value is -2.70. The van der Waals surface area contributed by atoms with Gasteiger partial charge in [-0.15, -0.1) is 0 Å². The minimum atomic E-state index is -0.0943. The van der Waals surface area contributed by atoms with Crippen molar-refractivity contribution in [3.63, 3.8) is 0 Å². The molecule has 25 heavy (non-hydrogen) atoms. The maximum absolute atomic E-state index is 12.1. The quantitative estimate of drug-likeness (QED) is 0.771. The molecule has 0 radical (unpaired) electrons. The van der Waals surface area contributed by atoms with Gasteiger partial charge in [0.25, 0.3) is 5.91 Å². The van der Waals surface area contributed by atoms with Gasteiger partial charge in [-0.2, -0.15) is 5.10 Å². The molecule has 0 aliphatic heterocycles. The molecule has 1 heterocycles. The Labute approximate surface area is 147 Å². The lowest BCUT2D eigenvalue weighted by Gasteiger charge is -2.13. The van der Waals surface area contributed by atoms with Crippen LogP contribution in [0.2, 0.25) is 0 Å². The molecule has 2 N–H and O–H groups in total. The molecule has 0 saturated carbocycles. The number of hydrogen-bond acceptors (Lipinski definition) is 4. The van der Waals surface area contributed by atoms with E-state index in [1.54, 1.807) is 29.2 Å². The Morgan fingerprint density at radius 3 is 2.76 bits per heavy atom. The Kier molecular flexibility index (Phi) is 6.68. The third-order valence-electron chi connectivity index (χ3n) is 4.01. The molecule has 0 aliphatic carbocycles. The number of amides is 2. The fraction of sp³-hybridized carbons (Fsp3) is 0.444. The van der Waals surface area contributed by atoms with E-state index in [0.717, 1.165) is 17.7 Å². The number of nitrogens with one attached hydrogen (secondary N) is 2. The summed E-state index contributed by atoms with van der Waals surface area (Å²) in [4.78, 5) is 28.1. The highest BCUT2D eigenvalue weighted by atomic mass is 16.2. The maximum Gasteiger partial charge on any atom is 0.251 e. The molecule has 0 bridgehead atoms. The standard InChI is InChI=1S/C18H25N5O2/c1-4-14(3)21-18(25)15-7-8-16(13(2)10-15)22-17(24)6-5-9-23-12-19-11-20-23/h7-8,10-12,14H,4-6,9H2,1-3H3,(H,21,25)(H,22,24)/t14-/m1/s1. The van der Waals surface area contributed by atoms with Crippen molar-refractivity contribution >= 4 is 17.5 Å². The van der Waals surface area contributed by atoms with Crippen molar-refractivity contribution in [3.8, 4) is 0 Å². The summed E-state index contributed by atoms with van der Waals surface area (Å²) in [5.41, 5.74) is 2.19. The second-order valence-corrected chi connectivity index (χ2v) is 6.12. The Morgan fingerprint density at radius 1 is 1.32 bits per heavy atom. The molecule has 0 unspecified atom stereocenters. The first-order valence-corrected chi connectivity index (χ1v) is 8.53. The number of aromatic nitrogens is 3. The van der Waals surface area contributed by atoms with Crippen LogP contribution in [-0.4, -0.2) is 32.6 Å². The van der Waals surface area contributed by atoms with E-state index in [-0.39, 0.29) is 17.9 Å². The molecule has 0 saturated heterocycles. The third-order valence-corrected chi connectivity index (χ3v) is 4.01. The summed E-state index contributed by atoms with van der Waals surface area (Å²) >= 11 is 0. The highest BCUT2D eigenvalue weighted by Gasteiger charge is 2.11. The van der Waals surface area contributed by atoms with Crippen LogP contribution in [0.3, 0.4) is 0 Å². The van der Waals surface area contributed by atoms with Crippen molar-refractivity contribution in [2.45, 2.75) is 52.6 Å². The average molecular weight is 343 g/mol. The third kappa shape index (κ3) is 5.70. The topological polar surface area (TPSA) is 88.9 Å². The van der Waals surface area contributed by atoms with Gasteiger partial charge in [0.2, 0.25) is 5.91 Å². The summed E-state index contributed by atoms with van der Waals surface area (Å²) in [6.45, 7) is 6.53. The van der Waals surface area contributed by atoms with E-state index in [0.29, 0.717) is 24.9 Å². The molecule has 2 aromatic rings. The van der Waals surface area contributed by atoms with Gasteiger partial charge in [-0.1, -0.05) is 6.92 Å². The van der Waals surface area contributed by atoms with E-state index >= 15 is 0 Å². The van der Waals surface area contributed by atoms with Gasteiger partial charge in [0, 0.05) is 30.3 Å². The first kappa shape index (κ1) is 18.6. The highest BCUT2D eigenvalue weighted by Crippen LogP contribution is 2.17. The van der Waals surface area contributed by atoms with Crippen LogP contribution < -0.4 is 10.6 Å². The molecule has 1 atom stereocenters. The van der Waals surface area contributed by atoms with E-state index in [4.69, 9.17) is 0 Å². The molecule has 7 heteroatoms. The Morgan fingerprint density at radius 2 is 2.12 bits per heavy atom. The average Bonchev–Trinajstić information content (AvgIpc) is 3.09. The molecule has 0 aliphatic rings. The number of aryl methyl sites for hydroxylation is 2. The first-order valence-electron chi connectivity index (χ1n) is 8.53. The Balaban J connectivity index is 1.87. The summed E-state index contributed by atoms with van der Waals surface area (Å²) in [5.74, 6) is -0.150. The van der Waals surface area contributed by atoms with Gasteiger partial charge in [-0.05, 0) is 50.5 Å². The van der Waals surface area contributed by atoms with Gasteiger partial charge in [0.1, 0.15) is 12.7 Å². The number of anilines is 1. The first-order chi connectivity index (χ1) is 12.0. The number of carbonyl (C=O) groups is 2. The predicted octanol–water partition coefficient (Wildman–Crippen LogP) is 2.53. The number of nitrogens with zero attached hydrogens (tertiary/aromatic N) is 3. The van der Waals surface area contributed by atoms with Crippen molar-refractivity contribution in [3.05, 3.63) is 42.0 Å². The van der Waals surface area contributed by atoms with E-state index in [9.17, 15) is 9.59 Å². The summed E-state index contributed by atoms with van der Waals surface area (Å²) in [7, 11) is 0. The van der Waals surface area contributed by atoms with Crippen LogP contribution in [0.5, 0.6) is 0 Å². The lowest BCUT2D eigenvalue weighted by molar-refractivity contribution is -0.116. The normalized spacial score (nSPS) is 11.8. The minimum Gasteiger partial charge on any atom is -0.350 e. The van der Waals surface area contributed by atoms with Crippen molar-refractivity contribution in [2.75, 3.05) is 5.32 Å². The molecule has 134 valence electrons. The van der Waals surface area contributed by atoms with Crippen LogP contribution in [0.4, 0.5) is 5.69 Å². The number of rotatable bonds is 8. The second-order valence-electron chi connectivity index (χ2n) is 6.12. The van der Waals surface area contributed by atoms with E-state index in [2.05, 4.69) is 20.7 Å². The van der Waals surface area contributed by atoms with Crippen molar-refractivity contribution in [1.82, 2.24) is 20.1 Å². The maximum atomic E-state index is 12.1. The number of hydrogen-bond donors (Lipinski definition) is 2. The van der Waals surface area contributed by atoms with Crippen molar-refractivity contribution in [1.29, 1.82) is 0 Å². The van der Waals surface area contributed by atoms with E-state index in [1.807, 2.05) is 20.8 Å². The molecule has 2 amide bonds.